The number of carbonyl (C=O) groups is 2. The van der Waals surface area contributed by atoms with Crippen molar-refractivity contribution in [1.29, 1.82) is 0 Å². The smallest absolute Gasteiger partial charge is 0.317 e. The van der Waals surface area contributed by atoms with Crippen molar-refractivity contribution in [3.63, 3.8) is 0 Å². The van der Waals surface area contributed by atoms with Gasteiger partial charge in [0.05, 0.1) is 12.5 Å². The third kappa shape index (κ3) is 3.59. The van der Waals surface area contributed by atoms with Crippen LogP contribution >= 0.6 is 0 Å². The summed E-state index contributed by atoms with van der Waals surface area (Å²) in [4.78, 5) is 24.2. The molecule has 6 nitrogen and oxygen atoms in total. The number of aliphatic hydroxyl groups excluding tert-OH is 1. The van der Waals surface area contributed by atoms with Crippen LogP contribution in [-0.4, -0.2) is 52.9 Å². The van der Waals surface area contributed by atoms with E-state index in [0.29, 0.717) is 19.4 Å². The number of urea groups is 1. The van der Waals surface area contributed by atoms with Gasteiger partial charge < -0.3 is 20.4 Å². The van der Waals surface area contributed by atoms with E-state index in [1.807, 2.05) is 6.92 Å². The van der Waals surface area contributed by atoms with Crippen LogP contribution in [0.15, 0.2) is 0 Å². The van der Waals surface area contributed by atoms with Gasteiger partial charge in [-0.1, -0.05) is 6.42 Å². The van der Waals surface area contributed by atoms with Gasteiger partial charge in [-0.3, -0.25) is 4.79 Å². The molecule has 0 saturated heterocycles. The van der Waals surface area contributed by atoms with Crippen LogP contribution in [0.1, 0.15) is 26.2 Å². The summed E-state index contributed by atoms with van der Waals surface area (Å²) in [7, 11) is 0. The highest BCUT2D eigenvalue weighted by atomic mass is 16.4. The number of hydrogen-bond donors (Lipinski definition) is 3. The molecular weight excluding hydrogens is 224 g/mol. The summed E-state index contributed by atoms with van der Waals surface area (Å²) < 4.78 is 0. The molecule has 2 amide bonds. The zero-order valence-electron chi connectivity index (χ0n) is 10.1. The van der Waals surface area contributed by atoms with Crippen molar-refractivity contribution in [2.75, 3.05) is 19.7 Å². The lowest BCUT2D eigenvalue weighted by Gasteiger charge is -2.24. The zero-order chi connectivity index (χ0) is 12.8. The normalized spacial score (nSPS) is 23.4. The lowest BCUT2D eigenvalue weighted by Crippen LogP contribution is -2.48. The maximum atomic E-state index is 11.8. The van der Waals surface area contributed by atoms with E-state index >= 15 is 0 Å². The highest BCUT2D eigenvalue weighted by molar-refractivity contribution is 5.77. The van der Waals surface area contributed by atoms with Crippen LogP contribution in [0.2, 0.25) is 0 Å². The summed E-state index contributed by atoms with van der Waals surface area (Å²) in [6.45, 7) is 2.50. The summed E-state index contributed by atoms with van der Waals surface area (Å²) in [5.41, 5.74) is 0. The number of carboxylic acid groups (broad SMARTS) is 1. The second-order valence-corrected chi connectivity index (χ2v) is 4.23. The zero-order valence-corrected chi connectivity index (χ0v) is 10.1. The van der Waals surface area contributed by atoms with Gasteiger partial charge in [-0.25, -0.2) is 4.79 Å². The molecule has 2 unspecified atom stereocenters. The molecule has 1 aliphatic rings. The maximum absolute atomic E-state index is 11.8. The molecule has 2 atom stereocenters. The van der Waals surface area contributed by atoms with Gasteiger partial charge in [-0.15, -0.1) is 0 Å². The summed E-state index contributed by atoms with van der Waals surface area (Å²) >= 11 is 0. The summed E-state index contributed by atoms with van der Waals surface area (Å²) in [6, 6.07) is -0.576. The Kier molecular flexibility index (Phi) is 5.21. The molecule has 1 aliphatic carbocycles. The molecule has 0 spiro atoms. The Bertz CT molecular complexity index is 283. The van der Waals surface area contributed by atoms with Crippen LogP contribution in [-0.2, 0) is 4.79 Å². The molecule has 3 N–H and O–H groups in total. The van der Waals surface area contributed by atoms with Crippen molar-refractivity contribution in [3.8, 4) is 0 Å². The van der Waals surface area contributed by atoms with Crippen LogP contribution < -0.4 is 5.32 Å². The summed E-state index contributed by atoms with van der Waals surface area (Å²) in [5.74, 6) is -1.33. The largest absolute Gasteiger partial charge is 0.481 e. The number of aliphatic carboxylic acids is 1. The van der Waals surface area contributed by atoms with Crippen LogP contribution in [0.3, 0.4) is 0 Å². The number of nitrogens with zero attached hydrogens (tertiary/aromatic N) is 1. The Labute approximate surface area is 101 Å². The van der Waals surface area contributed by atoms with Gasteiger partial charge in [0.2, 0.25) is 0 Å². The number of carbonyl (C=O) groups excluding carboxylic acids is 1. The molecule has 0 aromatic carbocycles. The van der Waals surface area contributed by atoms with Crippen LogP contribution in [0.25, 0.3) is 0 Å². The first-order valence-corrected chi connectivity index (χ1v) is 5.99. The van der Waals surface area contributed by atoms with Gasteiger partial charge in [0, 0.05) is 19.1 Å². The van der Waals surface area contributed by atoms with Crippen molar-refractivity contribution in [3.05, 3.63) is 0 Å². The van der Waals surface area contributed by atoms with Gasteiger partial charge in [0.25, 0.3) is 0 Å². The van der Waals surface area contributed by atoms with Gasteiger partial charge in [0.15, 0.2) is 0 Å². The van der Waals surface area contributed by atoms with Gasteiger partial charge >= 0.3 is 12.0 Å². The van der Waals surface area contributed by atoms with E-state index in [1.165, 1.54) is 4.90 Å². The molecule has 1 fully saturated rings. The molecule has 0 bridgehead atoms. The van der Waals surface area contributed by atoms with E-state index in [2.05, 4.69) is 5.32 Å². The number of carboxylic acids is 1. The average Bonchev–Trinajstić information content (AvgIpc) is 2.73. The minimum absolute atomic E-state index is 0.0890. The van der Waals surface area contributed by atoms with Gasteiger partial charge in [0.1, 0.15) is 0 Å². The lowest BCUT2D eigenvalue weighted by atomic mass is 10.0. The molecule has 0 aromatic heterocycles. The fourth-order valence-electron chi connectivity index (χ4n) is 2.20. The second kappa shape index (κ2) is 6.44. The number of likely N-dealkylation sites (N-methyl/N-ethyl adjacent to an activating group) is 1. The van der Waals surface area contributed by atoms with Crippen molar-refractivity contribution in [2.45, 2.75) is 32.2 Å². The molecule has 1 saturated carbocycles. The van der Waals surface area contributed by atoms with Crippen molar-refractivity contribution < 1.29 is 19.8 Å². The number of rotatable bonds is 5. The first-order chi connectivity index (χ1) is 8.10. The van der Waals surface area contributed by atoms with Gasteiger partial charge in [-0.05, 0) is 19.8 Å². The second-order valence-electron chi connectivity index (χ2n) is 4.23. The quantitative estimate of drug-likeness (QED) is 0.647. The number of aliphatic hydroxyl groups is 1. The fraction of sp³-hybridized carbons (Fsp3) is 0.818. The van der Waals surface area contributed by atoms with E-state index in [-0.39, 0.29) is 25.2 Å². The predicted octanol–water partition coefficient (Wildman–Crippen LogP) is 0.263. The first-order valence-electron chi connectivity index (χ1n) is 5.99. The SMILES string of the molecule is CCN(CCO)C(=O)NC1CCCC1C(=O)O. The Morgan fingerprint density at radius 2 is 2.12 bits per heavy atom. The lowest BCUT2D eigenvalue weighted by molar-refractivity contribution is -0.142. The average molecular weight is 244 g/mol. The van der Waals surface area contributed by atoms with E-state index in [1.54, 1.807) is 0 Å². The number of nitrogens with one attached hydrogen (secondary N) is 1. The molecule has 98 valence electrons. The predicted molar refractivity (Wildman–Crippen MR) is 61.6 cm³/mol. The van der Waals surface area contributed by atoms with Gasteiger partial charge in [-0.2, -0.15) is 0 Å². The Morgan fingerprint density at radius 1 is 1.41 bits per heavy atom. The van der Waals surface area contributed by atoms with Crippen molar-refractivity contribution >= 4 is 12.0 Å². The fourth-order valence-corrected chi connectivity index (χ4v) is 2.20. The molecule has 0 aliphatic heterocycles. The Balaban J connectivity index is 2.52. The minimum Gasteiger partial charge on any atom is -0.481 e. The number of hydrogen-bond acceptors (Lipinski definition) is 3. The highest BCUT2D eigenvalue weighted by Crippen LogP contribution is 2.25. The third-order valence-corrected chi connectivity index (χ3v) is 3.18. The molecule has 17 heavy (non-hydrogen) atoms. The van der Waals surface area contributed by atoms with Crippen LogP contribution in [0.5, 0.6) is 0 Å². The van der Waals surface area contributed by atoms with E-state index < -0.39 is 11.9 Å². The van der Waals surface area contributed by atoms with E-state index in [9.17, 15) is 9.59 Å². The van der Waals surface area contributed by atoms with Crippen molar-refractivity contribution in [2.24, 2.45) is 5.92 Å². The molecule has 1 rings (SSSR count). The Morgan fingerprint density at radius 3 is 2.65 bits per heavy atom. The molecular formula is C11H20N2O4. The Hall–Kier alpha value is -1.30. The summed E-state index contributed by atoms with van der Waals surface area (Å²) in [6.07, 6.45) is 2.15. The van der Waals surface area contributed by atoms with E-state index in [4.69, 9.17) is 10.2 Å². The van der Waals surface area contributed by atoms with E-state index in [0.717, 1.165) is 6.42 Å². The molecule has 0 heterocycles. The molecule has 6 heteroatoms. The third-order valence-electron chi connectivity index (χ3n) is 3.18. The van der Waals surface area contributed by atoms with Crippen LogP contribution in [0, 0.1) is 5.92 Å². The number of amides is 2. The standard InChI is InChI=1S/C11H20N2O4/c1-2-13(6-7-14)11(17)12-9-5-3-4-8(9)10(15)16/h8-9,14H,2-7H2,1H3,(H,12,17)(H,15,16). The monoisotopic (exact) mass is 244 g/mol. The van der Waals surface area contributed by atoms with Crippen molar-refractivity contribution in [1.82, 2.24) is 10.2 Å². The maximum Gasteiger partial charge on any atom is 0.317 e. The summed E-state index contributed by atoms with van der Waals surface area (Å²) in [5, 5.41) is 20.5. The molecule has 0 radical (unpaired) electrons. The van der Waals surface area contributed by atoms with Crippen LogP contribution in [0.4, 0.5) is 4.79 Å². The highest BCUT2D eigenvalue weighted by Gasteiger charge is 2.34. The first kappa shape index (κ1) is 13.8. The molecule has 0 aromatic rings. The topological polar surface area (TPSA) is 89.9 Å². The minimum atomic E-state index is -0.849.